The molecule has 4 aliphatic carbocycles. The number of hydrogen-bond acceptors (Lipinski definition) is 4. The van der Waals surface area contributed by atoms with Crippen LogP contribution in [0.3, 0.4) is 0 Å². The first-order valence-corrected chi connectivity index (χ1v) is 20.6. The minimum absolute atomic E-state index is 0.289. The number of rotatable bonds is 6. The Labute approximate surface area is 316 Å². The Morgan fingerprint density at radius 1 is 0.547 bits per heavy atom. The summed E-state index contributed by atoms with van der Waals surface area (Å²) in [5, 5.41) is 11.6. The summed E-state index contributed by atoms with van der Waals surface area (Å²) in [6.45, 7) is 9.78. The summed E-state index contributed by atoms with van der Waals surface area (Å²) >= 11 is 0. The maximum Gasteiger partial charge on any atom is 0.164 e. The highest BCUT2D eigenvalue weighted by Gasteiger charge is 2.46. The van der Waals surface area contributed by atoms with Crippen LogP contribution in [0.25, 0.3) is 44.9 Å². The number of nitrogens with zero attached hydrogens (tertiary/aromatic N) is 4. The average molecular weight is 699 g/mol. The van der Waals surface area contributed by atoms with Gasteiger partial charge in [0, 0.05) is 16.7 Å². The molecule has 0 radical (unpaired) electrons. The van der Waals surface area contributed by atoms with Gasteiger partial charge < -0.3 is 0 Å². The van der Waals surface area contributed by atoms with Gasteiger partial charge >= 0.3 is 0 Å². The molecule has 4 nitrogen and oxygen atoms in total. The lowest BCUT2D eigenvalue weighted by molar-refractivity contribution is 0.0702. The van der Waals surface area contributed by atoms with E-state index in [4.69, 9.17) is 15.0 Å². The van der Waals surface area contributed by atoms with Gasteiger partial charge in [-0.25, -0.2) is 15.0 Å². The molecule has 3 unspecified atom stereocenters. The number of fused-ring (bicyclic) bond motifs is 5. The van der Waals surface area contributed by atoms with Crippen LogP contribution in [0.2, 0.25) is 0 Å². The van der Waals surface area contributed by atoms with E-state index in [1.54, 1.807) is 0 Å². The molecule has 0 spiro atoms. The molecular weight excluding hydrogens is 645 g/mol. The van der Waals surface area contributed by atoms with E-state index in [9.17, 15) is 5.26 Å². The van der Waals surface area contributed by atoms with E-state index in [1.807, 2.05) is 18.2 Å². The van der Waals surface area contributed by atoms with E-state index < -0.39 is 0 Å². The van der Waals surface area contributed by atoms with Crippen LogP contribution in [-0.2, 0) is 10.8 Å². The summed E-state index contributed by atoms with van der Waals surface area (Å²) in [6.07, 6.45) is 14.7. The summed E-state index contributed by atoms with van der Waals surface area (Å²) in [6, 6.07) is 33.0. The largest absolute Gasteiger partial charge is 0.208 e. The van der Waals surface area contributed by atoms with Crippen LogP contribution in [0.5, 0.6) is 0 Å². The van der Waals surface area contributed by atoms with Crippen LogP contribution in [-0.4, -0.2) is 15.0 Å². The van der Waals surface area contributed by atoms with Crippen LogP contribution in [0.15, 0.2) is 84.9 Å². The topological polar surface area (TPSA) is 62.5 Å². The van der Waals surface area contributed by atoms with E-state index in [1.165, 1.54) is 81.8 Å². The number of hydrogen-bond donors (Lipinski definition) is 0. The lowest BCUT2D eigenvalue weighted by atomic mass is 9.54. The summed E-state index contributed by atoms with van der Waals surface area (Å²) in [5.74, 6) is 6.98. The Morgan fingerprint density at radius 3 is 1.53 bits per heavy atom. The van der Waals surface area contributed by atoms with Crippen LogP contribution in [0, 0.1) is 46.8 Å². The van der Waals surface area contributed by atoms with Crippen molar-refractivity contribution < 1.29 is 0 Å². The first-order valence-electron chi connectivity index (χ1n) is 20.6. The summed E-state index contributed by atoms with van der Waals surface area (Å²) in [4.78, 5) is 15.5. The fourth-order valence-corrected chi connectivity index (χ4v) is 12.4. The number of aromatic nitrogens is 3. The van der Waals surface area contributed by atoms with Crippen molar-refractivity contribution in [2.45, 2.75) is 109 Å². The van der Waals surface area contributed by atoms with Gasteiger partial charge in [-0.15, -0.1) is 0 Å². The van der Waals surface area contributed by atoms with Crippen molar-refractivity contribution in [3.8, 4) is 40.2 Å². The first-order chi connectivity index (χ1) is 25.7. The Balaban J connectivity index is 1.10. The van der Waals surface area contributed by atoms with Gasteiger partial charge in [0.2, 0.25) is 0 Å². The fourth-order valence-electron chi connectivity index (χ4n) is 12.4. The minimum Gasteiger partial charge on any atom is -0.208 e. The third kappa shape index (κ3) is 6.49. The average Bonchev–Trinajstić information content (AvgIpc) is 3.16. The smallest absolute Gasteiger partial charge is 0.164 e. The summed E-state index contributed by atoms with van der Waals surface area (Å²) in [7, 11) is 0. The molecule has 1 heterocycles. The molecule has 4 bridgehead atoms. The standard InChI is InChI=1S/C49H54N4/c1-5-34-21-37-20-33(4)26-49(27-34,29-37)44-16-12-39(13-17-44)46-51-45(52-47(53-46)42-9-8-40-22-35(30-50)6-7-41(40)23-42)38-10-14-43(15-11-38)48-24-31(2)18-36(28-48)19-32(3)25-48/h6-17,22-23,31-34,36-37H,5,18-21,24-29H2,1-4H3/t31-,32+,33-,34+,36?,37-,48?,49?/m1/s1. The molecule has 0 saturated heterocycles. The second-order valence-electron chi connectivity index (χ2n) is 18.4. The van der Waals surface area contributed by atoms with Gasteiger partial charge in [0.25, 0.3) is 0 Å². The van der Waals surface area contributed by atoms with Gasteiger partial charge in [-0.1, -0.05) is 101 Å². The molecule has 1 aromatic heterocycles. The summed E-state index contributed by atoms with van der Waals surface area (Å²) in [5.41, 5.74) is 7.26. The van der Waals surface area contributed by atoms with Crippen molar-refractivity contribution in [1.82, 2.24) is 15.0 Å². The van der Waals surface area contributed by atoms with E-state index in [-0.39, 0.29) is 5.41 Å². The molecule has 8 atom stereocenters. The van der Waals surface area contributed by atoms with Crippen molar-refractivity contribution in [3.05, 3.63) is 102 Å². The lowest BCUT2D eigenvalue weighted by Crippen LogP contribution is -2.42. The van der Waals surface area contributed by atoms with Crippen molar-refractivity contribution in [1.29, 1.82) is 5.26 Å². The van der Waals surface area contributed by atoms with Crippen LogP contribution in [0.1, 0.15) is 115 Å². The van der Waals surface area contributed by atoms with Gasteiger partial charge in [0.15, 0.2) is 17.5 Å². The molecule has 4 heteroatoms. The molecule has 4 aliphatic rings. The number of benzene rings is 4. The van der Waals surface area contributed by atoms with Gasteiger partial charge in [-0.2, -0.15) is 5.26 Å². The highest BCUT2D eigenvalue weighted by atomic mass is 15.0. The maximum absolute atomic E-state index is 9.46. The molecule has 4 aromatic carbocycles. The van der Waals surface area contributed by atoms with Crippen molar-refractivity contribution >= 4 is 10.8 Å². The van der Waals surface area contributed by atoms with Crippen molar-refractivity contribution in [2.24, 2.45) is 35.5 Å². The third-order valence-electron chi connectivity index (χ3n) is 14.1. The zero-order valence-electron chi connectivity index (χ0n) is 32.1. The lowest BCUT2D eigenvalue weighted by Gasteiger charge is -2.51. The molecule has 0 aliphatic heterocycles. The quantitative estimate of drug-likeness (QED) is 0.177. The maximum atomic E-state index is 9.46. The molecule has 9 rings (SSSR count). The SMILES string of the molecule is CC[C@H]1C[C@H]2C[C@@H](C)CC(c3ccc(-c4nc(-c5ccc(C67CC(C[C@@H](C)C6)C[C@H](C)C7)cc5)nc(-c5ccc6cc(C#N)ccc6c5)n4)cc3)(C2)C1. The second-order valence-corrected chi connectivity index (χ2v) is 18.4. The molecule has 0 N–H and O–H groups in total. The van der Waals surface area contributed by atoms with Gasteiger partial charge in [0.05, 0.1) is 11.6 Å². The second kappa shape index (κ2) is 13.5. The first kappa shape index (κ1) is 34.4. The normalized spacial score (nSPS) is 30.8. The Hall–Kier alpha value is -4.36. The number of nitriles is 1. The fraction of sp³-hybridized carbons (Fsp3) is 0.469. The summed E-state index contributed by atoms with van der Waals surface area (Å²) < 4.78 is 0. The molecule has 270 valence electrons. The monoisotopic (exact) mass is 698 g/mol. The van der Waals surface area contributed by atoms with E-state index in [0.29, 0.717) is 28.5 Å². The van der Waals surface area contributed by atoms with Gasteiger partial charge in [-0.05, 0) is 151 Å². The zero-order chi connectivity index (χ0) is 36.3. The molecule has 53 heavy (non-hydrogen) atoms. The molecule has 4 saturated carbocycles. The zero-order valence-corrected chi connectivity index (χ0v) is 32.1. The van der Waals surface area contributed by atoms with E-state index in [2.05, 4.69) is 100 Å². The van der Waals surface area contributed by atoms with E-state index in [0.717, 1.165) is 63.0 Å². The molecule has 0 amide bonds. The molecular formula is C49H54N4. The van der Waals surface area contributed by atoms with Crippen LogP contribution < -0.4 is 0 Å². The van der Waals surface area contributed by atoms with Gasteiger partial charge in [0.1, 0.15) is 0 Å². The van der Waals surface area contributed by atoms with Gasteiger partial charge in [-0.3, -0.25) is 0 Å². The van der Waals surface area contributed by atoms with Crippen LogP contribution in [0.4, 0.5) is 0 Å². The van der Waals surface area contributed by atoms with E-state index >= 15 is 0 Å². The Bertz CT molecular complexity index is 2150. The Kier molecular flexibility index (Phi) is 8.76. The molecule has 4 fully saturated rings. The minimum atomic E-state index is 0.289. The highest BCUT2D eigenvalue weighted by molar-refractivity contribution is 5.87. The predicted molar refractivity (Wildman–Crippen MR) is 216 cm³/mol. The molecule has 5 aromatic rings. The third-order valence-corrected chi connectivity index (χ3v) is 14.1. The highest BCUT2D eigenvalue weighted by Crippen LogP contribution is 2.56. The predicted octanol–water partition coefficient (Wildman–Crippen LogP) is 12.5. The Morgan fingerprint density at radius 2 is 1.00 bits per heavy atom. The van der Waals surface area contributed by atoms with Crippen molar-refractivity contribution in [3.63, 3.8) is 0 Å². The van der Waals surface area contributed by atoms with Crippen LogP contribution >= 0.6 is 0 Å². The van der Waals surface area contributed by atoms with Crippen molar-refractivity contribution in [2.75, 3.05) is 0 Å².